The van der Waals surface area contributed by atoms with E-state index in [1.165, 1.54) is 0 Å². The molecule has 1 aliphatic heterocycles. The number of phenolic OH excluding ortho intramolecular Hbond substituents is 1. The van der Waals surface area contributed by atoms with Gasteiger partial charge in [-0.15, -0.1) is 12.4 Å². The third-order valence-electron chi connectivity index (χ3n) is 5.33. The summed E-state index contributed by atoms with van der Waals surface area (Å²) in [5.41, 5.74) is 4.72. The maximum atomic E-state index is 10.6. The fraction of sp³-hybridized carbons (Fsp3) is 0.238. The van der Waals surface area contributed by atoms with E-state index in [9.17, 15) is 5.11 Å². The zero-order valence-corrected chi connectivity index (χ0v) is 16.8. The number of nitrogens with zero attached hydrogens (tertiary/aromatic N) is 6. The minimum absolute atomic E-state index is 0. The van der Waals surface area contributed by atoms with Gasteiger partial charge >= 0.3 is 0 Å². The molecule has 29 heavy (non-hydrogen) atoms. The topological polar surface area (TPSA) is 79.4 Å². The third kappa shape index (κ3) is 3.54. The molecule has 0 unspecified atom stereocenters. The third-order valence-corrected chi connectivity index (χ3v) is 5.33. The van der Waals surface area contributed by atoms with Crippen LogP contribution in [0.25, 0.3) is 28.2 Å². The Morgan fingerprint density at radius 2 is 1.86 bits per heavy atom. The fourth-order valence-corrected chi connectivity index (χ4v) is 3.60. The molecule has 1 aliphatic rings. The lowest BCUT2D eigenvalue weighted by Gasteiger charge is -2.37. The molecule has 0 aliphatic carbocycles. The first kappa shape index (κ1) is 19.3. The van der Waals surface area contributed by atoms with E-state index in [0.717, 1.165) is 42.2 Å². The molecule has 4 aromatic rings. The molecule has 1 saturated heterocycles. The first-order valence-electron chi connectivity index (χ1n) is 9.41. The average Bonchev–Trinajstić information content (AvgIpc) is 3.15. The van der Waals surface area contributed by atoms with Crippen molar-refractivity contribution in [3.05, 3.63) is 60.6 Å². The lowest BCUT2D eigenvalue weighted by atomic mass is 9.96. The Hall–Kier alpha value is -3.03. The number of likely N-dealkylation sites (N-methyl/N-ethyl adjacent to an activating group) is 1. The van der Waals surface area contributed by atoms with E-state index in [1.807, 2.05) is 36.4 Å². The summed E-state index contributed by atoms with van der Waals surface area (Å²) in [7, 11) is 0. The Kier molecular flexibility index (Phi) is 5.17. The van der Waals surface area contributed by atoms with E-state index in [2.05, 4.69) is 32.1 Å². The van der Waals surface area contributed by atoms with E-state index >= 15 is 0 Å². The molecule has 1 aromatic carbocycles. The second-order valence-corrected chi connectivity index (χ2v) is 7.07. The van der Waals surface area contributed by atoms with Gasteiger partial charge in [0.1, 0.15) is 5.75 Å². The summed E-state index contributed by atoms with van der Waals surface area (Å²) in [6.45, 7) is 5.32. The minimum atomic E-state index is 0. The standard InChI is InChI=1S/C21H20N6O.ClH/c1-2-26-12-15(13-26)17-5-6-19(24-23-17)16-4-3-14(11-20(16)28)18-7-8-21-22-9-10-27(21)25-18;/h3-11,15,28H,2,12-13H2,1H3;1H. The highest BCUT2D eigenvalue weighted by molar-refractivity contribution is 5.85. The molecular weight excluding hydrogens is 388 g/mol. The maximum Gasteiger partial charge on any atom is 0.153 e. The van der Waals surface area contributed by atoms with Crippen molar-refractivity contribution in [2.75, 3.05) is 19.6 Å². The van der Waals surface area contributed by atoms with Gasteiger partial charge < -0.3 is 10.0 Å². The first-order valence-corrected chi connectivity index (χ1v) is 9.41. The zero-order chi connectivity index (χ0) is 19.1. The molecule has 0 saturated carbocycles. The number of hydrogen-bond acceptors (Lipinski definition) is 6. The van der Waals surface area contributed by atoms with Crippen molar-refractivity contribution >= 4 is 18.1 Å². The Morgan fingerprint density at radius 3 is 2.59 bits per heavy atom. The van der Waals surface area contributed by atoms with E-state index in [-0.39, 0.29) is 18.2 Å². The number of benzene rings is 1. The van der Waals surface area contributed by atoms with Gasteiger partial charge in [0.25, 0.3) is 0 Å². The van der Waals surface area contributed by atoms with Gasteiger partial charge in [0.15, 0.2) is 5.65 Å². The van der Waals surface area contributed by atoms with Crippen molar-refractivity contribution in [2.24, 2.45) is 0 Å². The van der Waals surface area contributed by atoms with Crippen LogP contribution in [-0.4, -0.2) is 54.4 Å². The highest BCUT2D eigenvalue weighted by Crippen LogP contribution is 2.32. The van der Waals surface area contributed by atoms with Gasteiger partial charge in [-0.1, -0.05) is 13.0 Å². The molecule has 0 atom stereocenters. The Balaban J connectivity index is 0.00000205. The monoisotopic (exact) mass is 408 g/mol. The van der Waals surface area contributed by atoms with E-state index in [0.29, 0.717) is 17.2 Å². The van der Waals surface area contributed by atoms with Crippen molar-refractivity contribution in [2.45, 2.75) is 12.8 Å². The maximum absolute atomic E-state index is 10.6. The van der Waals surface area contributed by atoms with Crippen molar-refractivity contribution in [3.63, 3.8) is 0 Å². The lowest BCUT2D eigenvalue weighted by Crippen LogP contribution is -2.44. The minimum Gasteiger partial charge on any atom is -0.507 e. The number of aromatic hydroxyl groups is 1. The van der Waals surface area contributed by atoms with Gasteiger partial charge in [0.05, 0.1) is 17.1 Å². The summed E-state index contributed by atoms with van der Waals surface area (Å²) in [6.07, 6.45) is 3.50. The van der Waals surface area contributed by atoms with Crippen molar-refractivity contribution in [1.29, 1.82) is 0 Å². The first-order chi connectivity index (χ1) is 13.7. The van der Waals surface area contributed by atoms with Gasteiger partial charge in [-0.05, 0) is 42.9 Å². The highest BCUT2D eigenvalue weighted by Gasteiger charge is 2.28. The molecule has 0 spiro atoms. The number of hydrogen-bond donors (Lipinski definition) is 1. The number of halogens is 1. The van der Waals surface area contributed by atoms with Crippen LogP contribution in [0.4, 0.5) is 0 Å². The molecule has 8 heteroatoms. The van der Waals surface area contributed by atoms with Crippen LogP contribution in [0.5, 0.6) is 5.75 Å². The van der Waals surface area contributed by atoms with Gasteiger partial charge in [0.2, 0.25) is 0 Å². The number of likely N-dealkylation sites (tertiary alicyclic amines) is 1. The summed E-state index contributed by atoms with van der Waals surface area (Å²) in [6, 6.07) is 13.2. The fourth-order valence-electron chi connectivity index (χ4n) is 3.60. The van der Waals surface area contributed by atoms with Gasteiger partial charge in [-0.2, -0.15) is 15.3 Å². The molecule has 0 amide bonds. The van der Waals surface area contributed by atoms with Gasteiger partial charge in [-0.25, -0.2) is 9.50 Å². The normalized spacial score (nSPS) is 14.5. The Morgan fingerprint density at radius 1 is 1.03 bits per heavy atom. The zero-order valence-electron chi connectivity index (χ0n) is 15.9. The van der Waals surface area contributed by atoms with Crippen LogP contribution in [0.15, 0.2) is 54.9 Å². The van der Waals surface area contributed by atoms with E-state index in [1.54, 1.807) is 23.0 Å². The highest BCUT2D eigenvalue weighted by atomic mass is 35.5. The van der Waals surface area contributed by atoms with Crippen molar-refractivity contribution in [1.82, 2.24) is 29.7 Å². The van der Waals surface area contributed by atoms with E-state index < -0.39 is 0 Å². The smallest absolute Gasteiger partial charge is 0.153 e. The van der Waals surface area contributed by atoms with Crippen molar-refractivity contribution in [3.8, 4) is 28.3 Å². The predicted molar refractivity (Wildman–Crippen MR) is 113 cm³/mol. The van der Waals surface area contributed by atoms with Gasteiger partial charge in [0, 0.05) is 42.5 Å². The summed E-state index contributed by atoms with van der Waals surface area (Å²) >= 11 is 0. The number of imidazole rings is 1. The molecule has 4 heterocycles. The summed E-state index contributed by atoms with van der Waals surface area (Å²) < 4.78 is 1.71. The van der Waals surface area contributed by atoms with Crippen LogP contribution < -0.4 is 0 Å². The van der Waals surface area contributed by atoms with Crippen LogP contribution in [0.2, 0.25) is 0 Å². The molecule has 5 rings (SSSR count). The average molecular weight is 409 g/mol. The summed E-state index contributed by atoms with van der Waals surface area (Å²) in [5.74, 6) is 0.620. The summed E-state index contributed by atoms with van der Waals surface area (Å²) in [4.78, 5) is 6.57. The molecule has 3 aromatic heterocycles. The molecule has 0 bridgehead atoms. The molecular formula is C21H21ClN6O. The molecule has 1 N–H and O–H groups in total. The molecule has 7 nitrogen and oxygen atoms in total. The second kappa shape index (κ2) is 7.77. The molecule has 0 radical (unpaired) electrons. The lowest BCUT2D eigenvalue weighted by molar-refractivity contribution is 0.154. The number of aromatic nitrogens is 5. The number of fused-ring (bicyclic) bond motifs is 1. The second-order valence-electron chi connectivity index (χ2n) is 7.07. The van der Waals surface area contributed by atoms with Crippen molar-refractivity contribution < 1.29 is 5.11 Å². The quantitative estimate of drug-likeness (QED) is 0.557. The Bertz CT molecular complexity index is 1140. The molecule has 148 valence electrons. The largest absolute Gasteiger partial charge is 0.507 e. The SMILES string of the molecule is CCN1CC(c2ccc(-c3ccc(-c4ccc5nccn5n4)cc3O)nn2)C1.Cl. The van der Waals surface area contributed by atoms with Crippen LogP contribution in [0.3, 0.4) is 0 Å². The number of phenols is 1. The predicted octanol–water partition coefficient (Wildman–Crippen LogP) is 3.40. The van der Waals surface area contributed by atoms with Crippen LogP contribution in [0, 0.1) is 0 Å². The van der Waals surface area contributed by atoms with Crippen LogP contribution >= 0.6 is 12.4 Å². The Labute approximate surface area is 174 Å². The van der Waals surface area contributed by atoms with E-state index in [4.69, 9.17) is 0 Å². The van der Waals surface area contributed by atoms with Crippen LogP contribution in [0.1, 0.15) is 18.5 Å². The molecule has 1 fully saturated rings. The van der Waals surface area contributed by atoms with Crippen LogP contribution in [-0.2, 0) is 0 Å². The number of rotatable bonds is 4. The van der Waals surface area contributed by atoms with Gasteiger partial charge in [-0.3, -0.25) is 0 Å². The summed E-state index contributed by atoms with van der Waals surface area (Å²) in [5, 5.41) is 23.8.